The molecule has 1 heterocycles. The van der Waals surface area contributed by atoms with E-state index in [4.69, 9.17) is 21.1 Å². The van der Waals surface area contributed by atoms with Crippen LogP contribution in [0.2, 0.25) is 0 Å². The van der Waals surface area contributed by atoms with Gasteiger partial charge in [-0.25, -0.2) is 9.59 Å². The van der Waals surface area contributed by atoms with Crippen LogP contribution in [0.4, 0.5) is 0 Å². The molecule has 0 radical (unpaired) electrons. The Morgan fingerprint density at radius 2 is 1.83 bits per heavy atom. The van der Waals surface area contributed by atoms with Crippen molar-refractivity contribution in [2.75, 3.05) is 19.6 Å². The predicted molar refractivity (Wildman–Crippen MR) is 92.3 cm³/mol. The summed E-state index contributed by atoms with van der Waals surface area (Å²) in [5.74, 6) is -0.714. The standard InChI is InChI=1S/C18H26ClNO4/c1-4-24-18(22)16-13(10-19)20-11(2)14(17(21)23-3)15(16)12-8-6-5-7-9-12/h12,15,20H,4-10H2,1-3H3/t15-/m1/s1. The second-order valence-corrected chi connectivity index (χ2v) is 6.54. The molecule has 0 aromatic heterocycles. The number of hydrogen-bond donors (Lipinski definition) is 1. The van der Waals surface area contributed by atoms with Gasteiger partial charge in [0.15, 0.2) is 0 Å². The number of alkyl halides is 1. The predicted octanol–water partition coefficient (Wildman–Crippen LogP) is 3.29. The quantitative estimate of drug-likeness (QED) is 0.605. The van der Waals surface area contributed by atoms with Gasteiger partial charge in [0.2, 0.25) is 0 Å². The molecule has 1 aliphatic heterocycles. The van der Waals surface area contributed by atoms with Gasteiger partial charge in [0, 0.05) is 17.3 Å². The van der Waals surface area contributed by atoms with Crippen LogP contribution in [0, 0.1) is 11.8 Å². The molecule has 6 heteroatoms. The third-order valence-electron chi connectivity index (χ3n) is 4.85. The van der Waals surface area contributed by atoms with E-state index in [-0.39, 0.29) is 24.3 Å². The number of halogens is 1. The highest BCUT2D eigenvalue weighted by molar-refractivity contribution is 6.20. The van der Waals surface area contributed by atoms with E-state index in [0.717, 1.165) is 25.7 Å². The van der Waals surface area contributed by atoms with E-state index in [2.05, 4.69) is 5.32 Å². The average molecular weight is 356 g/mol. The molecule has 0 saturated heterocycles. The van der Waals surface area contributed by atoms with Crippen LogP contribution in [-0.4, -0.2) is 31.5 Å². The van der Waals surface area contributed by atoms with Crippen LogP contribution in [0.15, 0.2) is 22.5 Å². The van der Waals surface area contributed by atoms with Gasteiger partial charge < -0.3 is 14.8 Å². The fourth-order valence-corrected chi connectivity index (χ4v) is 4.03. The first-order chi connectivity index (χ1) is 11.5. The lowest BCUT2D eigenvalue weighted by Gasteiger charge is -2.37. The molecule has 1 atom stereocenters. The Bertz CT molecular complexity index is 561. The number of esters is 2. The van der Waals surface area contributed by atoms with Crippen molar-refractivity contribution >= 4 is 23.5 Å². The van der Waals surface area contributed by atoms with Crippen LogP contribution in [0.5, 0.6) is 0 Å². The number of carbonyl (C=O) groups is 2. The molecule has 5 nitrogen and oxygen atoms in total. The number of carbonyl (C=O) groups excluding carboxylic acids is 2. The minimum Gasteiger partial charge on any atom is -0.466 e. The number of rotatable bonds is 5. The second kappa shape index (κ2) is 8.56. The van der Waals surface area contributed by atoms with Crippen LogP contribution >= 0.6 is 11.6 Å². The SMILES string of the molecule is CCOC(=O)C1=C(CCl)NC(C)=C(C(=O)OC)[C@H]1C1CCCCC1. The van der Waals surface area contributed by atoms with Gasteiger partial charge in [-0.1, -0.05) is 19.3 Å². The monoisotopic (exact) mass is 355 g/mol. The molecule has 2 aliphatic rings. The second-order valence-electron chi connectivity index (χ2n) is 6.28. The maximum absolute atomic E-state index is 12.6. The van der Waals surface area contributed by atoms with E-state index >= 15 is 0 Å². The van der Waals surface area contributed by atoms with Crippen LogP contribution in [0.1, 0.15) is 46.0 Å². The summed E-state index contributed by atoms with van der Waals surface area (Å²) in [6, 6.07) is 0. The molecule has 1 fully saturated rings. The van der Waals surface area contributed by atoms with E-state index in [1.54, 1.807) is 6.92 Å². The minimum absolute atomic E-state index is 0.170. The number of nitrogens with one attached hydrogen (secondary N) is 1. The van der Waals surface area contributed by atoms with Crippen molar-refractivity contribution in [3.05, 3.63) is 22.5 Å². The van der Waals surface area contributed by atoms with Crippen LogP contribution in [-0.2, 0) is 19.1 Å². The summed E-state index contributed by atoms with van der Waals surface area (Å²) in [5, 5.41) is 3.12. The Kier molecular flexibility index (Phi) is 6.72. The topological polar surface area (TPSA) is 64.6 Å². The highest BCUT2D eigenvalue weighted by Gasteiger charge is 2.41. The summed E-state index contributed by atoms with van der Waals surface area (Å²) in [6.07, 6.45) is 5.37. The highest BCUT2D eigenvalue weighted by atomic mass is 35.5. The van der Waals surface area contributed by atoms with E-state index in [1.165, 1.54) is 13.5 Å². The molecule has 1 saturated carbocycles. The average Bonchev–Trinajstić information content (AvgIpc) is 2.60. The fraction of sp³-hybridized carbons (Fsp3) is 0.667. The zero-order valence-electron chi connectivity index (χ0n) is 14.6. The number of methoxy groups -OCH3 is 1. The van der Waals surface area contributed by atoms with E-state index in [0.29, 0.717) is 22.5 Å². The zero-order chi connectivity index (χ0) is 17.7. The fourth-order valence-electron chi connectivity index (χ4n) is 3.82. The largest absolute Gasteiger partial charge is 0.466 e. The van der Waals surface area contributed by atoms with Crippen molar-refractivity contribution < 1.29 is 19.1 Å². The summed E-state index contributed by atoms with van der Waals surface area (Å²) in [5.41, 5.74) is 2.36. The molecule has 2 rings (SSSR count). The molecular formula is C18H26ClNO4. The lowest BCUT2D eigenvalue weighted by atomic mass is 9.71. The minimum atomic E-state index is -0.398. The normalized spacial score (nSPS) is 22.2. The molecular weight excluding hydrogens is 330 g/mol. The van der Waals surface area contributed by atoms with Crippen LogP contribution in [0.25, 0.3) is 0 Å². The van der Waals surface area contributed by atoms with Gasteiger partial charge >= 0.3 is 11.9 Å². The molecule has 0 aromatic rings. The van der Waals surface area contributed by atoms with Gasteiger partial charge in [-0.2, -0.15) is 0 Å². The summed E-state index contributed by atoms with van der Waals surface area (Å²) >= 11 is 6.08. The Hall–Kier alpha value is -1.49. The molecule has 1 aliphatic carbocycles. The molecule has 0 spiro atoms. The summed E-state index contributed by atoms with van der Waals surface area (Å²) in [7, 11) is 1.37. The van der Waals surface area contributed by atoms with E-state index in [1.807, 2.05) is 6.92 Å². The van der Waals surface area contributed by atoms with Gasteiger partial charge in [0.05, 0.1) is 30.7 Å². The molecule has 134 valence electrons. The molecule has 0 bridgehead atoms. The number of dihydropyridines is 1. The van der Waals surface area contributed by atoms with Crippen molar-refractivity contribution in [3.8, 4) is 0 Å². The Labute approximate surface area is 148 Å². The van der Waals surface area contributed by atoms with Gasteiger partial charge in [-0.15, -0.1) is 11.6 Å². The Morgan fingerprint density at radius 1 is 1.17 bits per heavy atom. The third kappa shape index (κ3) is 3.77. The summed E-state index contributed by atoms with van der Waals surface area (Å²) < 4.78 is 10.3. The summed E-state index contributed by atoms with van der Waals surface area (Å²) in [6.45, 7) is 3.88. The Balaban J connectivity index is 2.52. The third-order valence-corrected chi connectivity index (χ3v) is 5.11. The molecule has 24 heavy (non-hydrogen) atoms. The van der Waals surface area contributed by atoms with E-state index in [9.17, 15) is 9.59 Å². The van der Waals surface area contributed by atoms with Gasteiger partial charge in [-0.05, 0) is 32.6 Å². The summed E-state index contributed by atoms with van der Waals surface area (Å²) in [4.78, 5) is 25.1. The number of hydrogen-bond acceptors (Lipinski definition) is 5. The van der Waals surface area contributed by atoms with Gasteiger partial charge in [-0.3, -0.25) is 0 Å². The lowest BCUT2D eigenvalue weighted by Crippen LogP contribution is -2.38. The Morgan fingerprint density at radius 3 is 2.38 bits per heavy atom. The number of allylic oxidation sites excluding steroid dienone is 2. The van der Waals surface area contributed by atoms with Crippen LogP contribution < -0.4 is 5.32 Å². The van der Waals surface area contributed by atoms with Crippen molar-refractivity contribution in [2.45, 2.75) is 46.0 Å². The van der Waals surface area contributed by atoms with Gasteiger partial charge in [0.1, 0.15) is 0 Å². The highest BCUT2D eigenvalue weighted by Crippen LogP contribution is 2.42. The van der Waals surface area contributed by atoms with E-state index < -0.39 is 11.9 Å². The molecule has 0 aromatic carbocycles. The molecule has 1 N–H and O–H groups in total. The van der Waals surface area contributed by atoms with Crippen molar-refractivity contribution in [1.82, 2.24) is 5.32 Å². The maximum atomic E-state index is 12.6. The maximum Gasteiger partial charge on any atom is 0.336 e. The lowest BCUT2D eigenvalue weighted by molar-refractivity contribution is -0.139. The molecule has 0 amide bonds. The first-order valence-electron chi connectivity index (χ1n) is 8.57. The van der Waals surface area contributed by atoms with Crippen molar-refractivity contribution in [1.29, 1.82) is 0 Å². The van der Waals surface area contributed by atoms with Gasteiger partial charge in [0.25, 0.3) is 0 Å². The molecule has 0 unspecified atom stereocenters. The first kappa shape index (κ1) is 18.8. The van der Waals surface area contributed by atoms with Crippen LogP contribution in [0.3, 0.4) is 0 Å². The first-order valence-corrected chi connectivity index (χ1v) is 9.10. The zero-order valence-corrected chi connectivity index (χ0v) is 15.4. The number of ether oxygens (including phenoxy) is 2. The van der Waals surface area contributed by atoms with Crippen molar-refractivity contribution in [2.24, 2.45) is 11.8 Å². The van der Waals surface area contributed by atoms with Crippen molar-refractivity contribution in [3.63, 3.8) is 0 Å². The smallest absolute Gasteiger partial charge is 0.336 e.